The fourth-order valence-electron chi connectivity index (χ4n) is 4.33. The normalized spacial score (nSPS) is 22.8. The van der Waals surface area contributed by atoms with Crippen LogP contribution in [0.15, 0.2) is 41.7 Å². The molecule has 0 saturated heterocycles. The largest absolute Gasteiger partial charge is 0.474 e. The second-order valence-corrected chi connectivity index (χ2v) is 8.85. The Morgan fingerprint density at radius 2 is 2.03 bits per heavy atom. The van der Waals surface area contributed by atoms with Crippen LogP contribution in [0.2, 0.25) is 0 Å². The number of benzene rings is 1. The van der Waals surface area contributed by atoms with E-state index in [1.54, 1.807) is 35.1 Å². The van der Waals surface area contributed by atoms with E-state index in [9.17, 15) is 4.39 Å². The van der Waals surface area contributed by atoms with Crippen molar-refractivity contribution in [1.82, 2.24) is 20.1 Å². The molecule has 2 aliphatic rings. The molecule has 9 heteroatoms. The van der Waals surface area contributed by atoms with Gasteiger partial charge in [0.2, 0.25) is 11.8 Å². The van der Waals surface area contributed by atoms with Crippen LogP contribution in [0.3, 0.4) is 0 Å². The van der Waals surface area contributed by atoms with Gasteiger partial charge in [0.15, 0.2) is 5.65 Å². The summed E-state index contributed by atoms with van der Waals surface area (Å²) in [6, 6.07) is 8.09. The Bertz CT molecular complexity index is 1240. The van der Waals surface area contributed by atoms with Crippen LogP contribution in [0.1, 0.15) is 45.1 Å². The fourth-order valence-corrected chi connectivity index (χ4v) is 4.33. The van der Waals surface area contributed by atoms with Gasteiger partial charge in [0.1, 0.15) is 18.1 Å². The number of hydroxylamine groups is 1. The summed E-state index contributed by atoms with van der Waals surface area (Å²) < 4.78 is 22.4. The van der Waals surface area contributed by atoms with Gasteiger partial charge in [-0.1, -0.05) is 13.8 Å². The van der Waals surface area contributed by atoms with Crippen molar-refractivity contribution in [2.45, 2.75) is 51.8 Å². The molecule has 0 radical (unpaired) electrons. The van der Waals surface area contributed by atoms with E-state index in [0.29, 0.717) is 34.5 Å². The summed E-state index contributed by atoms with van der Waals surface area (Å²) in [6.45, 7) is 4.23. The molecule has 3 aromatic rings. The quantitative estimate of drug-likeness (QED) is 0.626. The average molecular weight is 449 g/mol. The van der Waals surface area contributed by atoms with Crippen molar-refractivity contribution in [1.29, 1.82) is 5.26 Å². The van der Waals surface area contributed by atoms with E-state index in [-0.39, 0.29) is 17.8 Å². The number of aliphatic imine (C=N–C) groups is 1. The van der Waals surface area contributed by atoms with Gasteiger partial charge in [-0.05, 0) is 49.8 Å². The number of fused-ring (bicyclic) bond motifs is 1. The molecule has 1 unspecified atom stereocenters. The summed E-state index contributed by atoms with van der Waals surface area (Å²) in [5.74, 6) is 1.57. The summed E-state index contributed by atoms with van der Waals surface area (Å²) in [6.07, 6.45) is 6.90. The molecule has 1 N–H and O–H groups in total. The predicted molar refractivity (Wildman–Crippen MR) is 120 cm³/mol. The first kappa shape index (κ1) is 21.3. The van der Waals surface area contributed by atoms with Crippen molar-refractivity contribution in [3.8, 4) is 23.1 Å². The highest BCUT2D eigenvalue weighted by Crippen LogP contribution is 2.32. The van der Waals surface area contributed by atoms with Gasteiger partial charge in [0.25, 0.3) is 0 Å². The van der Waals surface area contributed by atoms with Gasteiger partial charge in [-0.15, -0.1) is 5.48 Å². The van der Waals surface area contributed by atoms with E-state index in [4.69, 9.17) is 14.8 Å². The highest BCUT2D eigenvalue weighted by molar-refractivity contribution is 5.80. The molecule has 0 amide bonds. The Balaban J connectivity index is 1.30. The fraction of sp³-hybridized carbons (Fsp3) is 0.417. The lowest BCUT2D eigenvalue weighted by Gasteiger charge is -2.28. The number of nitrogens with zero attached hydrogens (tertiary/aromatic N) is 5. The first-order valence-corrected chi connectivity index (χ1v) is 11.2. The van der Waals surface area contributed by atoms with Crippen molar-refractivity contribution < 1.29 is 14.0 Å². The summed E-state index contributed by atoms with van der Waals surface area (Å²) >= 11 is 0. The molecule has 1 atom stereocenters. The standard InChI is InChI=1S/C24H25FN6O2/c1-14(2)22-29-24(33-30-22)16-4-6-17(7-5-16)32-21-9-10-27-23-19(13-28-31(21)23)18-8-3-15(12-26)11-20(18)25/h3,8-11,13-14,16-17,22,30H,4-7H2,1-2H3. The SMILES string of the molecule is CC(C)C1N=C(C2CCC(Oc3ccnc4c(-c5ccc(C#N)cc5F)cnn34)CC2)ON1. The van der Waals surface area contributed by atoms with Crippen LogP contribution in [0.25, 0.3) is 16.8 Å². The Morgan fingerprint density at radius 3 is 2.73 bits per heavy atom. The van der Waals surface area contributed by atoms with Gasteiger partial charge in [-0.25, -0.2) is 14.4 Å². The summed E-state index contributed by atoms with van der Waals surface area (Å²) in [4.78, 5) is 14.7. The van der Waals surface area contributed by atoms with Gasteiger partial charge in [0.05, 0.1) is 17.8 Å². The van der Waals surface area contributed by atoms with Gasteiger partial charge in [-0.2, -0.15) is 14.9 Å². The molecule has 170 valence electrons. The topological polar surface area (TPSA) is 96.8 Å². The molecule has 3 heterocycles. The molecular formula is C24H25FN6O2. The van der Waals surface area contributed by atoms with E-state index in [1.807, 2.05) is 6.07 Å². The molecular weight excluding hydrogens is 423 g/mol. The maximum absolute atomic E-state index is 14.6. The van der Waals surface area contributed by atoms with Crippen molar-refractivity contribution in [2.75, 3.05) is 0 Å². The number of rotatable bonds is 5. The number of ether oxygens (including phenoxy) is 1. The lowest BCUT2D eigenvalue weighted by Crippen LogP contribution is -2.30. The van der Waals surface area contributed by atoms with Gasteiger partial charge in [-0.3, -0.25) is 0 Å². The van der Waals surface area contributed by atoms with E-state index in [1.165, 1.54) is 6.07 Å². The molecule has 1 fully saturated rings. The van der Waals surface area contributed by atoms with E-state index >= 15 is 0 Å². The van der Waals surface area contributed by atoms with Crippen molar-refractivity contribution >= 4 is 11.5 Å². The Labute approximate surface area is 191 Å². The minimum absolute atomic E-state index is 0.0222. The van der Waals surface area contributed by atoms with Crippen LogP contribution in [-0.4, -0.2) is 32.8 Å². The third-order valence-electron chi connectivity index (χ3n) is 6.25. The number of aromatic nitrogens is 3. The summed E-state index contributed by atoms with van der Waals surface area (Å²) in [5, 5.41) is 13.4. The zero-order valence-corrected chi connectivity index (χ0v) is 18.5. The molecule has 1 aliphatic heterocycles. The van der Waals surface area contributed by atoms with Crippen molar-refractivity contribution in [2.24, 2.45) is 16.8 Å². The third kappa shape index (κ3) is 4.14. The molecule has 1 aromatic carbocycles. The Kier molecular flexibility index (Phi) is 5.68. The lowest BCUT2D eigenvalue weighted by atomic mass is 9.87. The Morgan fingerprint density at radius 1 is 1.21 bits per heavy atom. The second-order valence-electron chi connectivity index (χ2n) is 8.85. The lowest BCUT2D eigenvalue weighted by molar-refractivity contribution is 0.116. The maximum Gasteiger partial charge on any atom is 0.218 e. The number of hydrogen-bond acceptors (Lipinski definition) is 7. The molecule has 1 aliphatic carbocycles. The number of nitriles is 1. The van der Waals surface area contributed by atoms with E-state index in [0.717, 1.165) is 31.6 Å². The van der Waals surface area contributed by atoms with Crippen LogP contribution in [0, 0.1) is 29.0 Å². The zero-order chi connectivity index (χ0) is 22.9. The van der Waals surface area contributed by atoms with Gasteiger partial charge in [0, 0.05) is 29.3 Å². The van der Waals surface area contributed by atoms with Gasteiger partial charge < -0.3 is 9.57 Å². The number of halogens is 1. The van der Waals surface area contributed by atoms with Crippen LogP contribution in [0.4, 0.5) is 4.39 Å². The van der Waals surface area contributed by atoms with Crippen molar-refractivity contribution in [3.63, 3.8) is 0 Å². The van der Waals surface area contributed by atoms with E-state index < -0.39 is 5.82 Å². The molecule has 5 rings (SSSR count). The zero-order valence-electron chi connectivity index (χ0n) is 18.5. The number of hydrogen-bond donors (Lipinski definition) is 1. The Hall–Kier alpha value is -3.51. The van der Waals surface area contributed by atoms with Crippen molar-refractivity contribution in [3.05, 3.63) is 48.0 Å². The smallest absolute Gasteiger partial charge is 0.218 e. The summed E-state index contributed by atoms with van der Waals surface area (Å²) in [5.41, 5.74) is 4.67. The first-order chi connectivity index (χ1) is 16.0. The van der Waals surface area contributed by atoms with Crippen LogP contribution >= 0.6 is 0 Å². The second kappa shape index (κ2) is 8.79. The van der Waals surface area contributed by atoms with E-state index in [2.05, 4.69) is 34.4 Å². The minimum Gasteiger partial charge on any atom is -0.474 e. The number of nitrogens with one attached hydrogen (secondary N) is 1. The van der Waals surface area contributed by atoms with Gasteiger partial charge >= 0.3 is 0 Å². The molecule has 2 aromatic heterocycles. The molecule has 33 heavy (non-hydrogen) atoms. The first-order valence-electron chi connectivity index (χ1n) is 11.2. The monoisotopic (exact) mass is 448 g/mol. The predicted octanol–water partition coefficient (Wildman–Crippen LogP) is 4.26. The molecule has 1 saturated carbocycles. The molecule has 0 bridgehead atoms. The van der Waals surface area contributed by atoms with Crippen LogP contribution < -0.4 is 10.2 Å². The highest BCUT2D eigenvalue weighted by atomic mass is 19.1. The molecule has 8 nitrogen and oxygen atoms in total. The summed E-state index contributed by atoms with van der Waals surface area (Å²) in [7, 11) is 0. The minimum atomic E-state index is -0.485. The van der Waals surface area contributed by atoms with Crippen LogP contribution in [0.5, 0.6) is 5.88 Å². The van der Waals surface area contributed by atoms with Crippen LogP contribution in [-0.2, 0) is 4.84 Å². The highest BCUT2D eigenvalue weighted by Gasteiger charge is 2.32. The maximum atomic E-state index is 14.6. The third-order valence-corrected chi connectivity index (χ3v) is 6.25. The molecule has 0 spiro atoms. The average Bonchev–Trinajstić information content (AvgIpc) is 3.48.